The first-order valence-corrected chi connectivity index (χ1v) is 8.70. The minimum Gasteiger partial charge on any atom is -0.609 e. The summed E-state index contributed by atoms with van der Waals surface area (Å²) in [6.07, 6.45) is 4.96. The summed E-state index contributed by atoms with van der Waals surface area (Å²) in [7, 11) is 0. The summed E-state index contributed by atoms with van der Waals surface area (Å²) in [4.78, 5) is 21.1. The molecule has 112 valence electrons. The molecule has 3 saturated carbocycles. The Bertz CT molecular complexity index is 893. The van der Waals surface area contributed by atoms with Gasteiger partial charge in [-0.3, -0.25) is 9.36 Å². The highest BCUT2D eigenvalue weighted by molar-refractivity contribution is 7.90. The molecule has 22 heavy (non-hydrogen) atoms. The summed E-state index contributed by atoms with van der Waals surface area (Å²) < 4.78 is 13.3. The third-order valence-electron chi connectivity index (χ3n) is 5.33. The minimum absolute atomic E-state index is 0.110. The van der Waals surface area contributed by atoms with E-state index in [-0.39, 0.29) is 21.8 Å². The molecule has 2 atom stereocenters. The van der Waals surface area contributed by atoms with Crippen LogP contribution in [0.1, 0.15) is 25.3 Å². The van der Waals surface area contributed by atoms with Crippen molar-refractivity contribution >= 4 is 22.2 Å². The molecule has 3 aliphatic carbocycles. The average molecular weight is 314 g/mol. The van der Waals surface area contributed by atoms with E-state index < -0.39 is 11.2 Å². The van der Waals surface area contributed by atoms with Gasteiger partial charge in [-0.05, 0) is 30.7 Å². The summed E-state index contributed by atoms with van der Waals surface area (Å²) in [5.74, 6) is 1.07. The molecular formula is C15H14N4O2S. The Morgan fingerprint density at radius 3 is 2.77 bits per heavy atom. The maximum atomic E-state index is 12.7. The first kappa shape index (κ1) is 13.7. The highest BCUT2D eigenvalue weighted by atomic mass is 32.2. The second-order valence-corrected chi connectivity index (χ2v) is 7.53. The van der Waals surface area contributed by atoms with Crippen molar-refractivity contribution in [3.63, 3.8) is 0 Å². The number of hydrogen-bond donors (Lipinski definition) is 0. The van der Waals surface area contributed by atoms with Crippen LogP contribution < -0.4 is 5.56 Å². The zero-order chi connectivity index (χ0) is 15.6. The van der Waals surface area contributed by atoms with Gasteiger partial charge in [0, 0.05) is 22.8 Å². The predicted octanol–water partition coefficient (Wildman–Crippen LogP) is 1.16. The Balaban J connectivity index is 2.07. The van der Waals surface area contributed by atoms with E-state index in [1.807, 2.05) is 6.07 Å². The van der Waals surface area contributed by atoms with Crippen LogP contribution >= 0.6 is 0 Å². The van der Waals surface area contributed by atoms with E-state index in [1.54, 1.807) is 10.8 Å². The van der Waals surface area contributed by atoms with Crippen molar-refractivity contribution < 1.29 is 4.55 Å². The van der Waals surface area contributed by atoms with Crippen molar-refractivity contribution in [2.45, 2.75) is 30.5 Å². The van der Waals surface area contributed by atoms with Crippen LogP contribution in [-0.2, 0) is 16.7 Å². The van der Waals surface area contributed by atoms with E-state index in [1.165, 1.54) is 12.3 Å². The molecular weight excluding hydrogens is 300 g/mol. The van der Waals surface area contributed by atoms with Crippen LogP contribution in [0.2, 0.25) is 0 Å². The van der Waals surface area contributed by atoms with Crippen LogP contribution in [0.5, 0.6) is 0 Å². The van der Waals surface area contributed by atoms with Crippen LogP contribution in [0.25, 0.3) is 11.0 Å². The van der Waals surface area contributed by atoms with Gasteiger partial charge in [-0.25, -0.2) is 0 Å². The molecule has 2 heterocycles. The number of hydrogen-bond acceptors (Lipinski definition) is 5. The molecule has 0 amide bonds. The van der Waals surface area contributed by atoms with Gasteiger partial charge in [0.1, 0.15) is 17.9 Å². The van der Waals surface area contributed by atoms with E-state index in [4.69, 9.17) is 0 Å². The third kappa shape index (κ3) is 1.51. The van der Waals surface area contributed by atoms with E-state index in [9.17, 15) is 14.6 Å². The van der Waals surface area contributed by atoms with Gasteiger partial charge in [0.2, 0.25) is 0 Å². The highest BCUT2D eigenvalue weighted by Crippen LogP contribution is 2.66. The maximum absolute atomic E-state index is 12.7. The van der Waals surface area contributed by atoms with Gasteiger partial charge in [-0.1, -0.05) is 6.92 Å². The first-order valence-electron chi connectivity index (χ1n) is 7.15. The summed E-state index contributed by atoms with van der Waals surface area (Å²) in [5, 5.41) is 10.1. The fourth-order valence-electron chi connectivity index (χ4n) is 3.79. The van der Waals surface area contributed by atoms with Crippen molar-refractivity contribution in [1.82, 2.24) is 14.5 Å². The Morgan fingerprint density at radius 2 is 2.27 bits per heavy atom. The second kappa shape index (κ2) is 4.31. The van der Waals surface area contributed by atoms with Gasteiger partial charge in [-0.15, -0.1) is 0 Å². The lowest BCUT2D eigenvalue weighted by atomic mass is 9.42. The molecule has 3 aliphatic rings. The first-order chi connectivity index (χ1) is 10.5. The number of rotatable bonds is 2. The lowest BCUT2D eigenvalue weighted by Gasteiger charge is -2.67. The zero-order valence-corrected chi connectivity index (χ0v) is 13.1. The Kier molecular flexibility index (Phi) is 2.69. The minimum atomic E-state index is -1.32. The number of aromatic nitrogens is 3. The van der Waals surface area contributed by atoms with Crippen LogP contribution in [0.3, 0.4) is 0 Å². The molecule has 2 bridgehead atoms. The number of nitrogens with zero attached hydrogens (tertiary/aromatic N) is 4. The molecule has 2 aromatic rings. The number of pyridine rings is 1. The topological polar surface area (TPSA) is 94.6 Å². The van der Waals surface area contributed by atoms with E-state index in [0.29, 0.717) is 22.9 Å². The SMILES string of the molecule is C[C@@H]1C2CC1(n1c(=O)c(C#N)cc3cnc([S+](C)[O-])nc31)C2. The molecule has 1 unspecified atom stereocenters. The Labute approximate surface area is 130 Å². The normalized spacial score (nSPS) is 30.3. The third-order valence-corrected chi connectivity index (χ3v) is 6.04. The highest BCUT2D eigenvalue weighted by Gasteiger charge is 2.65. The lowest BCUT2D eigenvalue weighted by Crippen LogP contribution is -2.69. The van der Waals surface area contributed by atoms with Crippen LogP contribution in [-0.4, -0.2) is 25.3 Å². The molecule has 7 heteroatoms. The molecule has 5 rings (SSSR count). The molecule has 3 fully saturated rings. The van der Waals surface area contributed by atoms with Crippen LogP contribution in [0.4, 0.5) is 0 Å². The standard InChI is InChI=1S/C15H14N4O2S/c1-8-11-4-15(8,5-11)19-12-10(3-9(6-16)13(19)20)7-17-14(18-12)22(2)21/h3,7-8,11H,4-5H2,1-2H3/t8-,11?,15?,22?/m1/s1. The predicted molar refractivity (Wildman–Crippen MR) is 80.7 cm³/mol. The molecule has 0 aliphatic heterocycles. The van der Waals surface area contributed by atoms with Gasteiger partial charge in [0.15, 0.2) is 5.65 Å². The smallest absolute Gasteiger partial charge is 0.344 e. The monoisotopic (exact) mass is 314 g/mol. The summed E-state index contributed by atoms with van der Waals surface area (Å²) in [6.45, 7) is 2.13. The Hall–Kier alpha value is -1.91. The van der Waals surface area contributed by atoms with Crippen LogP contribution in [0, 0.1) is 23.2 Å². The lowest BCUT2D eigenvalue weighted by molar-refractivity contribution is -0.162. The fraction of sp³-hybridized carbons (Fsp3) is 0.467. The van der Waals surface area contributed by atoms with Gasteiger partial charge < -0.3 is 4.55 Å². The molecule has 6 nitrogen and oxygen atoms in total. The van der Waals surface area contributed by atoms with E-state index in [0.717, 1.165) is 12.8 Å². The Morgan fingerprint density at radius 1 is 1.55 bits per heavy atom. The van der Waals surface area contributed by atoms with Gasteiger partial charge in [0.05, 0.1) is 5.54 Å². The zero-order valence-electron chi connectivity index (χ0n) is 12.2. The van der Waals surface area contributed by atoms with Crippen molar-refractivity contribution in [2.24, 2.45) is 11.8 Å². The quantitative estimate of drug-likeness (QED) is 0.612. The average Bonchev–Trinajstić information content (AvgIpc) is 2.47. The largest absolute Gasteiger partial charge is 0.609 e. The number of nitriles is 1. The number of fused-ring (bicyclic) bond motifs is 1. The second-order valence-electron chi connectivity index (χ2n) is 6.26. The van der Waals surface area contributed by atoms with Gasteiger partial charge >= 0.3 is 5.16 Å². The van der Waals surface area contributed by atoms with Crippen molar-refractivity contribution in [3.05, 3.63) is 28.2 Å². The molecule has 0 radical (unpaired) electrons. The summed E-state index contributed by atoms with van der Waals surface area (Å²) in [6, 6.07) is 3.49. The van der Waals surface area contributed by atoms with E-state index in [2.05, 4.69) is 16.9 Å². The van der Waals surface area contributed by atoms with Crippen LogP contribution in [0.15, 0.2) is 22.2 Å². The molecule has 0 spiro atoms. The molecule has 2 aromatic heterocycles. The fourth-order valence-corrected chi connectivity index (χ4v) is 4.21. The molecule has 0 aromatic carbocycles. The summed E-state index contributed by atoms with van der Waals surface area (Å²) in [5.41, 5.74) is 0.0763. The van der Waals surface area contributed by atoms with Crippen molar-refractivity contribution in [2.75, 3.05) is 6.26 Å². The summed E-state index contributed by atoms with van der Waals surface area (Å²) >= 11 is -1.32. The van der Waals surface area contributed by atoms with Gasteiger partial charge in [-0.2, -0.15) is 15.2 Å². The van der Waals surface area contributed by atoms with E-state index >= 15 is 0 Å². The maximum Gasteiger partial charge on any atom is 0.344 e. The molecule has 0 N–H and O–H groups in total. The van der Waals surface area contributed by atoms with Crippen molar-refractivity contribution in [3.8, 4) is 6.07 Å². The molecule has 0 saturated heterocycles. The van der Waals surface area contributed by atoms with Crippen molar-refractivity contribution in [1.29, 1.82) is 5.26 Å². The van der Waals surface area contributed by atoms with Gasteiger partial charge in [0.25, 0.3) is 5.56 Å².